The normalized spacial score (nSPS) is 21.6. The number of carbonyl (C=O) groups excluding carboxylic acids is 2. The first-order valence-electron chi connectivity index (χ1n) is 12.6. The highest BCUT2D eigenvalue weighted by Gasteiger charge is 2.51. The summed E-state index contributed by atoms with van der Waals surface area (Å²) in [6, 6.07) is 11.2. The minimum atomic E-state index is -4.52. The van der Waals surface area contributed by atoms with Crippen LogP contribution in [0.15, 0.2) is 53.5 Å². The van der Waals surface area contributed by atoms with E-state index in [9.17, 15) is 27.9 Å². The minimum Gasteiger partial charge on any atom is -0.392 e. The van der Waals surface area contributed by atoms with E-state index in [0.29, 0.717) is 30.5 Å². The monoisotopic (exact) mass is 515 g/mol. The summed E-state index contributed by atoms with van der Waals surface area (Å²) in [6.07, 6.45) is -1.23. The number of nitrogens with zero attached hydrogens (tertiary/aromatic N) is 2. The van der Waals surface area contributed by atoms with Crippen molar-refractivity contribution in [3.63, 3.8) is 0 Å². The SMILES string of the molecule is CCCC[C@H](O)[C@H](CC1CC1)C(=O)C1(N)N=C(c2ccc(C(F)(F)F)cc2)c2ccccc2N(C)C1=O. The molecule has 1 aliphatic carbocycles. The predicted molar refractivity (Wildman–Crippen MR) is 135 cm³/mol. The number of likely N-dealkylation sites (N-methyl/N-ethyl adjacent to an activating group) is 1. The molecule has 3 atom stereocenters. The van der Waals surface area contributed by atoms with Gasteiger partial charge in [0.15, 0.2) is 5.78 Å². The molecule has 1 amide bonds. The molecule has 0 bridgehead atoms. The molecule has 1 heterocycles. The number of para-hydroxylation sites is 1. The molecule has 1 aliphatic heterocycles. The zero-order valence-electron chi connectivity index (χ0n) is 21.0. The summed E-state index contributed by atoms with van der Waals surface area (Å²) in [7, 11) is 1.49. The molecule has 0 radical (unpaired) electrons. The fourth-order valence-corrected chi connectivity index (χ4v) is 4.86. The summed E-state index contributed by atoms with van der Waals surface area (Å²) >= 11 is 0. The zero-order chi connectivity index (χ0) is 27.0. The van der Waals surface area contributed by atoms with E-state index in [1.807, 2.05) is 6.92 Å². The number of alkyl halides is 3. The summed E-state index contributed by atoms with van der Waals surface area (Å²) in [5.41, 5.74) is 4.73. The van der Waals surface area contributed by atoms with E-state index in [2.05, 4.69) is 4.99 Å². The number of amides is 1. The number of halogens is 3. The van der Waals surface area contributed by atoms with Crippen LogP contribution < -0.4 is 10.6 Å². The van der Waals surface area contributed by atoms with Gasteiger partial charge in [0.2, 0.25) is 5.66 Å². The van der Waals surface area contributed by atoms with Crippen LogP contribution in [0.4, 0.5) is 18.9 Å². The highest BCUT2D eigenvalue weighted by atomic mass is 19.4. The van der Waals surface area contributed by atoms with Crippen LogP contribution in [0.2, 0.25) is 0 Å². The van der Waals surface area contributed by atoms with E-state index >= 15 is 0 Å². The van der Waals surface area contributed by atoms with Crippen molar-refractivity contribution in [1.82, 2.24) is 0 Å². The summed E-state index contributed by atoms with van der Waals surface area (Å²) in [6.45, 7) is 1.98. The van der Waals surface area contributed by atoms with Crippen molar-refractivity contribution in [1.29, 1.82) is 0 Å². The molecule has 1 unspecified atom stereocenters. The number of aliphatic hydroxyl groups excluding tert-OH is 1. The summed E-state index contributed by atoms with van der Waals surface area (Å²) in [5, 5.41) is 11.0. The van der Waals surface area contributed by atoms with Crippen LogP contribution in [0.25, 0.3) is 0 Å². The van der Waals surface area contributed by atoms with Gasteiger partial charge in [-0.1, -0.05) is 62.9 Å². The first-order valence-corrected chi connectivity index (χ1v) is 12.6. The maximum atomic E-state index is 14.0. The van der Waals surface area contributed by atoms with E-state index in [-0.39, 0.29) is 17.2 Å². The molecule has 2 aromatic carbocycles. The molecule has 0 spiro atoms. The molecule has 6 nitrogen and oxygen atoms in total. The second kappa shape index (κ2) is 10.4. The lowest BCUT2D eigenvalue weighted by molar-refractivity contribution is -0.139. The van der Waals surface area contributed by atoms with Gasteiger partial charge in [0, 0.05) is 24.1 Å². The zero-order valence-corrected chi connectivity index (χ0v) is 21.0. The quantitative estimate of drug-likeness (QED) is 0.473. The Hall–Kier alpha value is -3.04. The van der Waals surface area contributed by atoms with Gasteiger partial charge >= 0.3 is 6.18 Å². The average Bonchev–Trinajstić information content (AvgIpc) is 3.71. The fraction of sp³-hybridized carbons (Fsp3) is 0.464. The summed E-state index contributed by atoms with van der Waals surface area (Å²) in [4.78, 5) is 33.5. The van der Waals surface area contributed by atoms with Crippen molar-refractivity contribution in [3.05, 3.63) is 65.2 Å². The maximum Gasteiger partial charge on any atom is 0.416 e. The van der Waals surface area contributed by atoms with Gasteiger partial charge in [0.25, 0.3) is 5.91 Å². The molecule has 0 saturated heterocycles. The topological polar surface area (TPSA) is 96.0 Å². The van der Waals surface area contributed by atoms with Crippen LogP contribution in [0, 0.1) is 11.8 Å². The third-order valence-corrected chi connectivity index (χ3v) is 7.24. The van der Waals surface area contributed by atoms with E-state index in [4.69, 9.17) is 5.73 Å². The Bertz CT molecular complexity index is 1190. The number of hydrogen-bond acceptors (Lipinski definition) is 5. The molecule has 1 saturated carbocycles. The third-order valence-electron chi connectivity index (χ3n) is 7.24. The number of aliphatic hydroxyl groups is 1. The molecular weight excluding hydrogens is 483 g/mol. The molecule has 9 heteroatoms. The van der Waals surface area contributed by atoms with Gasteiger partial charge in [0.1, 0.15) is 0 Å². The molecule has 4 rings (SSSR count). The fourth-order valence-electron chi connectivity index (χ4n) is 4.86. The molecule has 2 aromatic rings. The number of benzodiazepines with no additional fused rings is 1. The Morgan fingerprint density at radius 3 is 2.43 bits per heavy atom. The van der Waals surface area contributed by atoms with Crippen molar-refractivity contribution in [3.8, 4) is 0 Å². The van der Waals surface area contributed by atoms with Crippen molar-refractivity contribution in [2.75, 3.05) is 11.9 Å². The summed E-state index contributed by atoms with van der Waals surface area (Å²) < 4.78 is 39.6. The molecule has 1 fully saturated rings. The number of hydrogen-bond donors (Lipinski definition) is 2. The van der Waals surface area contributed by atoms with Crippen molar-refractivity contribution in [2.24, 2.45) is 22.6 Å². The lowest BCUT2D eigenvalue weighted by Crippen LogP contribution is -2.61. The highest BCUT2D eigenvalue weighted by molar-refractivity contribution is 6.26. The van der Waals surface area contributed by atoms with Crippen LogP contribution in [0.3, 0.4) is 0 Å². The molecule has 0 aromatic heterocycles. The predicted octanol–water partition coefficient (Wildman–Crippen LogP) is 4.71. The molecule has 37 heavy (non-hydrogen) atoms. The van der Waals surface area contributed by atoms with Crippen molar-refractivity contribution < 1.29 is 27.9 Å². The van der Waals surface area contributed by atoms with Gasteiger partial charge in [-0.2, -0.15) is 13.2 Å². The first kappa shape index (κ1) is 27.0. The van der Waals surface area contributed by atoms with Gasteiger partial charge in [-0.05, 0) is 37.0 Å². The number of anilines is 1. The number of nitrogens with two attached hydrogens (primary N) is 1. The lowest BCUT2D eigenvalue weighted by atomic mass is 9.82. The van der Waals surface area contributed by atoms with Gasteiger partial charge in [0.05, 0.1) is 23.1 Å². The number of carbonyl (C=O) groups is 2. The van der Waals surface area contributed by atoms with Gasteiger partial charge in [-0.25, -0.2) is 4.99 Å². The smallest absolute Gasteiger partial charge is 0.392 e. The van der Waals surface area contributed by atoms with Crippen molar-refractivity contribution in [2.45, 2.75) is 63.4 Å². The third kappa shape index (κ3) is 5.48. The Balaban J connectivity index is 1.84. The van der Waals surface area contributed by atoms with E-state index in [1.54, 1.807) is 24.3 Å². The van der Waals surface area contributed by atoms with Crippen LogP contribution in [0.1, 0.15) is 62.1 Å². The van der Waals surface area contributed by atoms with Gasteiger partial charge in [-0.3, -0.25) is 15.3 Å². The Kier molecular flexibility index (Phi) is 7.57. The number of aliphatic imine (C=N–C) groups is 1. The molecular formula is C28H32F3N3O3. The van der Waals surface area contributed by atoms with Crippen LogP contribution >= 0.6 is 0 Å². The van der Waals surface area contributed by atoms with Gasteiger partial charge in [-0.15, -0.1) is 0 Å². The van der Waals surface area contributed by atoms with Crippen LogP contribution in [-0.4, -0.2) is 41.3 Å². The molecule has 2 aliphatic rings. The van der Waals surface area contributed by atoms with E-state index in [1.165, 1.54) is 24.1 Å². The number of rotatable bonds is 9. The number of fused-ring (bicyclic) bond motifs is 1. The lowest BCUT2D eigenvalue weighted by Gasteiger charge is -2.31. The van der Waals surface area contributed by atoms with Gasteiger partial charge < -0.3 is 10.0 Å². The van der Waals surface area contributed by atoms with E-state index in [0.717, 1.165) is 31.4 Å². The Morgan fingerprint density at radius 2 is 1.84 bits per heavy atom. The van der Waals surface area contributed by atoms with Crippen molar-refractivity contribution >= 4 is 23.1 Å². The number of unbranched alkanes of at least 4 members (excludes halogenated alkanes) is 1. The van der Waals surface area contributed by atoms with Crippen LogP contribution in [0.5, 0.6) is 0 Å². The Labute approximate surface area is 214 Å². The molecule has 198 valence electrons. The second-order valence-electron chi connectivity index (χ2n) is 10.0. The standard InChI is InChI=1S/C28H32F3N3O3/c1-3-4-9-23(35)21(16-17-10-11-17)25(36)27(32)26(37)34(2)22-8-6-5-7-20(22)24(33-27)18-12-14-19(15-13-18)28(29,30)31/h5-8,12-15,17,21,23,35H,3-4,9-11,16,32H2,1-2H3/t21-,23-,27?/m0/s1. The minimum absolute atomic E-state index is 0.145. The number of Topliss-reactive ketones (excluding diaryl/α,β-unsaturated/α-hetero) is 1. The summed E-state index contributed by atoms with van der Waals surface area (Å²) in [5.74, 6) is -2.02. The average molecular weight is 516 g/mol. The number of benzene rings is 2. The molecule has 3 N–H and O–H groups in total. The number of ketones is 1. The first-order chi connectivity index (χ1) is 17.5. The van der Waals surface area contributed by atoms with Crippen LogP contribution in [-0.2, 0) is 15.8 Å². The van der Waals surface area contributed by atoms with E-state index < -0.39 is 41.1 Å². The largest absolute Gasteiger partial charge is 0.416 e. The second-order valence-corrected chi connectivity index (χ2v) is 10.0. The Morgan fingerprint density at radius 1 is 1.19 bits per heavy atom. The maximum absolute atomic E-state index is 14.0. The highest BCUT2D eigenvalue weighted by Crippen LogP contribution is 2.40.